The topological polar surface area (TPSA) is 53.1 Å². The number of nitrogens with one attached hydrogen (secondary N) is 1. The van der Waals surface area contributed by atoms with Gasteiger partial charge in [-0.15, -0.1) is 0 Å². The normalized spacial score (nSPS) is 11.0. The van der Waals surface area contributed by atoms with Crippen molar-refractivity contribution >= 4 is 16.9 Å². The molecule has 4 rings (SSSR count). The largest absolute Gasteiger partial charge is 0.478 e. The Labute approximate surface area is 158 Å². The highest BCUT2D eigenvalue weighted by atomic mass is 16.4. The predicted molar refractivity (Wildman–Crippen MR) is 109 cm³/mol. The van der Waals surface area contributed by atoms with Gasteiger partial charge in [0.2, 0.25) is 0 Å². The maximum atomic E-state index is 11.3. The van der Waals surface area contributed by atoms with E-state index in [4.69, 9.17) is 0 Å². The van der Waals surface area contributed by atoms with Gasteiger partial charge in [-0.3, -0.25) is 0 Å². The zero-order chi connectivity index (χ0) is 18.8. The summed E-state index contributed by atoms with van der Waals surface area (Å²) in [7, 11) is 0. The zero-order valence-electron chi connectivity index (χ0n) is 15.2. The molecule has 3 aromatic carbocycles. The van der Waals surface area contributed by atoms with Gasteiger partial charge in [-0.05, 0) is 46.9 Å². The van der Waals surface area contributed by atoms with E-state index in [1.54, 1.807) is 12.1 Å². The van der Waals surface area contributed by atoms with Crippen LogP contribution >= 0.6 is 0 Å². The second kappa shape index (κ2) is 7.12. The number of aromatic nitrogens is 1. The van der Waals surface area contributed by atoms with E-state index in [-0.39, 0.29) is 0 Å². The molecule has 0 bridgehead atoms. The first-order valence-corrected chi connectivity index (χ1v) is 9.17. The summed E-state index contributed by atoms with van der Waals surface area (Å²) in [5.41, 5.74) is 7.16. The van der Waals surface area contributed by atoms with Gasteiger partial charge in [0, 0.05) is 17.3 Å². The number of hydrogen-bond acceptors (Lipinski definition) is 1. The van der Waals surface area contributed by atoms with Crippen molar-refractivity contribution in [2.45, 2.75) is 19.8 Å². The number of aryl methyl sites for hydroxylation is 1. The van der Waals surface area contributed by atoms with E-state index in [9.17, 15) is 9.90 Å². The van der Waals surface area contributed by atoms with Gasteiger partial charge >= 0.3 is 5.97 Å². The Kier molecular flexibility index (Phi) is 4.51. The van der Waals surface area contributed by atoms with Crippen molar-refractivity contribution in [2.75, 3.05) is 0 Å². The lowest BCUT2D eigenvalue weighted by Gasteiger charge is -2.07. The highest BCUT2D eigenvalue weighted by molar-refractivity contribution is 5.92. The molecule has 0 unspecified atom stereocenters. The average molecular weight is 355 g/mol. The predicted octanol–water partition coefficient (Wildman–Crippen LogP) is 5.69. The van der Waals surface area contributed by atoms with Crippen LogP contribution in [0.5, 0.6) is 0 Å². The first-order chi connectivity index (χ1) is 13.2. The third-order valence-electron chi connectivity index (χ3n) is 5.00. The van der Waals surface area contributed by atoms with Crippen molar-refractivity contribution in [3.8, 4) is 11.3 Å². The number of benzene rings is 3. The maximum absolute atomic E-state index is 11.3. The highest BCUT2D eigenvalue weighted by Gasteiger charge is 2.15. The lowest BCUT2D eigenvalue weighted by atomic mass is 9.97. The molecule has 0 amide bonds. The summed E-state index contributed by atoms with van der Waals surface area (Å²) in [6.45, 7) is 2.15. The van der Waals surface area contributed by atoms with Gasteiger partial charge in [-0.1, -0.05) is 61.5 Å². The fourth-order valence-electron chi connectivity index (χ4n) is 3.58. The lowest BCUT2D eigenvalue weighted by Crippen LogP contribution is -1.98. The highest BCUT2D eigenvalue weighted by Crippen LogP contribution is 2.33. The molecule has 0 atom stereocenters. The molecule has 0 aliphatic carbocycles. The smallest absolute Gasteiger partial charge is 0.335 e. The molecule has 27 heavy (non-hydrogen) atoms. The molecule has 3 nitrogen and oxygen atoms in total. The van der Waals surface area contributed by atoms with Gasteiger partial charge in [0.1, 0.15) is 0 Å². The summed E-state index contributed by atoms with van der Waals surface area (Å²) in [5, 5.41) is 10.5. The van der Waals surface area contributed by atoms with Crippen LogP contribution in [0.2, 0.25) is 0 Å². The molecule has 0 aliphatic heterocycles. The Morgan fingerprint density at radius 2 is 1.74 bits per heavy atom. The number of carboxylic acids is 1. The minimum atomic E-state index is -0.897. The van der Waals surface area contributed by atoms with Crippen molar-refractivity contribution in [2.24, 2.45) is 0 Å². The van der Waals surface area contributed by atoms with Crippen LogP contribution in [-0.2, 0) is 12.8 Å². The standard InChI is InChI=1S/C24H21NO2/c1-2-16-11-12-20-21(14-17-7-6-10-19(13-17)24(26)27)23(25-22(20)15-16)18-8-4-3-5-9-18/h3-13,15,25H,2,14H2,1H3,(H,26,27). The summed E-state index contributed by atoms with van der Waals surface area (Å²) < 4.78 is 0. The molecule has 0 saturated carbocycles. The minimum Gasteiger partial charge on any atom is -0.478 e. The molecule has 0 spiro atoms. The van der Waals surface area contributed by atoms with Crippen LogP contribution in [0.15, 0.2) is 72.8 Å². The number of carboxylic acid groups (broad SMARTS) is 1. The summed E-state index contributed by atoms with van der Waals surface area (Å²) in [6.07, 6.45) is 1.67. The van der Waals surface area contributed by atoms with E-state index >= 15 is 0 Å². The number of rotatable bonds is 5. The third kappa shape index (κ3) is 3.36. The van der Waals surface area contributed by atoms with Gasteiger partial charge in [-0.2, -0.15) is 0 Å². The first-order valence-electron chi connectivity index (χ1n) is 9.17. The Morgan fingerprint density at radius 1 is 0.926 bits per heavy atom. The van der Waals surface area contributed by atoms with E-state index in [1.165, 1.54) is 16.5 Å². The molecule has 2 N–H and O–H groups in total. The maximum Gasteiger partial charge on any atom is 0.335 e. The van der Waals surface area contributed by atoms with Crippen LogP contribution in [0.4, 0.5) is 0 Å². The Hall–Kier alpha value is -3.33. The van der Waals surface area contributed by atoms with Crippen LogP contribution in [-0.4, -0.2) is 16.1 Å². The Morgan fingerprint density at radius 3 is 2.48 bits per heavy atom. The van der Waals surface area contributed by atoms with Gasteiger partial charge in [0.05, 0.1) is 11.3 Å². The zero-order valence-corrected chi connectivity index (χ0v) is 15.2. The van der Waals surface area contributed by atoms with Crippen molar-refractivity contribution in [1.82, 2.24) is 4.98 Å². The van der Waals surface area contributed by atoms with Crippen molar-refractivity contribution in [3.63, 3.8) is 0 Å². The van der Waals surface area contributed by atoms with Crippen LogP contribution in [0, 0.1) is 0 Å². The number of aromatic amines is 1. The number of hydrogen-bond donors (Lipinski definition) is 2. The number of fused-ring (bicyclic) bond motifs is 1. The molecule has 134 valence electrons. The molecule has 3 heteroatoms. The SMILES string of the molecule is CCc1ccc2c(Cc3cccc(C(=O)O)c3)c(-c3ccccc3)[nH]c2c1. The lowest BCUT2D eigenvalue weighted by molar-refractivity contribution is 0.0696. The Bertz CT molecular complexity index is 1110. The molecule has 0 radical (unpaired) electrons. The van der Waals surface area contributed by atoms with E-state index in [1.807, 2.05) is 30.3 Å². The molecular formula is C24H21NO2. The molecule has 1 heterocycles. The van der Waals surface area contributed by atoms with Crippen LogP contribution < -0.4 is 0 Å². The van der Waals surface area contributed by atoms with Gasteiger partial charge in [0.15, 0.2) is 0 Å². The fourth-order valence-corrected chi connectivity index (χ4v) is 3.58. The summed E-state index contributed by atoms with van der Waals surface area (Å²) in [4.78, 5) is 14.9. The van der Waals surface area contributed by atoms with E-state index in [0.717, 1.165) is 28.8 Å². The summed E-state index contributed by atoms with van der Waals surface area (Å²) in [6, 6.07) is 24.0. The van der Waals surface area contributed by atoms with Crippen molar-refractivity contribution < 1.29 is 9.90 Å². The number of H-pyrrole nitrogens is 1. The van der Waals surface area contributed by atoms with Gasteiger partial charge in [0.25, 0.3) is 0 Å². The van der Waals surface area contributed by atoms with Crippen LogP contribution in [0.1, 0.15) is 34.0 Å². The molecule has 0 fully saturated rings. The summed E-state index contributed by atoms with van der Waals surface area (Å²) in [5.74, 6) is -0.897. The van der Waals surface area contributed by atoms with Crippen molar-refractivity contribution in [1.29, 1.82) is 0 Å². The van der Waals surface area contributed by atoms with Crippen molar-refractivity contribution in [3.05, 3.63) is 95.1 Å². The molecule has 0 saturated heterocycles. The molecule has 4 aromatic rings. The molecule has 1 aromatic heterocycles. The fraction of sp³-hybridized carbons (Fsp3) is 0.125. The quantitative estimate of drug-likeness (QED) is 0.483. The van der Waals surface area contributed by atoms with E-state index in [0.29, 0.717) is 12.0 Å². The van der Waals surface area contributed by atoms with Crippen LogP contribution in [0.3, 0.4) is 0 Å². The molecular weight excluding hydrogens is 334 g/mol. The minimum absolute atomic E-state index is 0.321. The summed E-state index contributed by atoms with van der Waals surface area (Å²) >= 11 is 0. The van der Waals surface area contributed by atoms with E-state index < -0.39 is 5.97 Å². The van der Waals surface area contributed by atoms with Gasteiger partial charge in [-0.25, -0.2) is 4.79 Å². The number of aromatic carboxylic acids is 1. The second-order valence-corrected chi connectivity index (χ2v) is 6.76. The third-order valence-corrected chi connectivity index (χ3v) is 5.00. The van der Waals surface area contributed by atoms with E-state index in [2.05, 4.69) is 42.2 Å². The number of carbonyl (C=O) groups is 1. The second-order valence-electron chi connectivity index (χ2n) is 6.76. The first kappa shape index (κ1) is 17.1. The Balaban J connectivity index is 1.87. The monoisotopic (exact) mass is 355 g/mol. The van der Waals surface area contributed by atoms with Gasteiger partial charge < -0.3 is 10.1 Å². The van der Waals surface area contributed by atoms with Crippen LogP contribution in [0.25, 0.3) is 22.2 Å². The molecule has 0 aliphatic rings. The average Bonchev–Trinajstić information content (AvgIpc) is 3.06.